The van der Waals surface area contributed by atoms with Crippen LogP contribution in [0, 0.1) is 11.3 Å². The Kier molecular flexibility index (Phi) is 5.79. The molecule has 1 heterocycles. The zero-order valence-corrected chi connectivity index (χ0v) is 12.2. The fourth-order valence-electron chi connectivity index (χ4n) is 2.72. The van der Waals surface area contributed by atoms with Crippen molar-refractivity contribution in [2.45, 2.75) is 40.0 Å². The number of piperidine rings is 1. The summed E-state index contributed by atoms with van der Waals surface area (Å²) in [6, 6.07) is 0. The van der Waals surface area contributed by atoms with Crippen LogP contribution in [0.15, 0.2) is 0 Å². The van der Waals surface area contributed by atoms with E-state index < -0.39 is 11.9 Å². The van der Waals surface area contributed by atoms with Gasteiger partial charge in [-0.25, -0.2) is 0 Å². The van der Waals surface area contributed by atoms with Crippen LogP contribution >= 0.6 is 0 Å². The molecule has 0 aromatic heterocycles. The Hall–Kier alpha value is -1.10. The van der Waals surface area contributed by atoms with Crippen LogP contribution in [-0.2, 0) is 9.59 Å². The lowest BCUT2D eigenvalue weighted by molar-refractivity contribution is -0.147. The van der Waals surface area contributed by atoms with Gasteiger partial charge in [0, 0.05) is 13.1 Å². The highest BCUT2D eigenvalue weighted by Gasteiger charge is 2.40. The molecule has 0 spiro atoms. The molecule has 1 fully saturated rings. The Balaban J connectivity index is 2.78. The van der Waals surface area contributed by atoms with Crippen molar-refractivity contribution in [3.63, 3.8) is 0 Å². The molecule has 1 unspecified atom stereocenters. The summed E-state index contributed by atoms with van der Waals surface area (Å²) in [5, 5.41) is 12.3. The van der Waals surface area contributed by atoms with Gasteiger partial charge in [-0.2, -0.15) is 0 Å². The Labute approximate surface area is 115 Å². The summed E-state index contributed by atoms with van der Waals surface area (Å²) in [6.07, 6.45) is 2.52. The van der Waals surface area contributed by atoms with Crippen molar-refractivity contribution in [1.82, 2.24) is 10.2 Å². The van der Waals surface area contributed by atoms with Crippen LogP contribution in [0.25, 0.3) is 0 Å². The summed E-state index contributed by atoms with van der Waals surface area (Å²) in [5.74, 6) is -1.23. The van der Waals surface area contributed by atoms with E-state index in [2.05, 4.69) is 12.2 Å². The first-order valence-electron chi connectivity index (χ1n) is 7.19. The number of nitrogens with one attached hydrogen (secondary N) is 1. The topological polar surface area (TPSA) is 69.6 Å². The summed E-state index contributed by atoms with van der Waals surface area (Å²) in [4.78, 5) is 25.4. The lowest BCUT2D eigenvalue weighted by atomic mass is 9.75. The van der Waals surface area contributed by atoms with Gasteiger partial charge in [-0.15, -0.1) is 0 Å². The number of amides is 1. The Bertz CT molecular complexity index is 325. The highest BCUT2D eigenvalue weighted by Crippen LogP contribution is 2.34. The number of nitrogens with zero attached hydrogens (tertiary/aromatic N) is 1. The second kappa shape index (κ2) is 6.89. The molecule has 0 saturated carbocycles. The lowest BCUT2D eigenvalue weighted by Crippen LogP contribution is -2.50. The van der Waals surface area contributed by atoms with E-state index in [1.165, 1.54) is 0 Å². The maximum Gasteiger partial charge on any atom is 0.308 e. The van der Waals surface area contributed by atoms with Crippen LogP contribution in [0.5, 0.6) is 0 Å². The molecule has 1 rings (SSSR count). The molecule has 0 bridgehead atoms. The zero-order valence-electron chi connectivity index (χ0n) is 12.2. The van der Waals surface area contributed by atoms with Crippen molar-refractivity contribution >= 4 is 11.9 Å². The quantitative estimate of drug-likeness (QED) is 0.764. The fourth-order valence-corrected chi connectivity index (χ4v) is 2.72. The summed E-state index contributed by atoms with van der Waals surface area (Å²) >= 11 is 0. The van der Waals surface area contributed by atoms with E-state index in [-0.39, 0.29) is 11.3 Å². The molecular weight excluding hydrogens is 244 g/mol. The number of rotatable bonds is 6. The van der Waals surface area contributed by atoms with Crippen LogP contribution in [0.2, 0.25) is 0 Å². The number of hydrogen-bond donors (Lipinski definition) is 2. The second-order valence-corrected chi connectivity index (χ2v) is 5.47. The Morgan fingerprint density at radius 2 is 1.89 bits per heavy atom. The van der Waals surface area contributed by atoms with Gasteiger partial charge < -0.3 is 15.3 Å². The van der Waals surface area contributed by atoms with E-state index in [0.29, 0.717) is 13.1 Å². The highest BCUT2D eigenvalue weighted by atomic mass is 16.4. The van der Waals surface area contributed by atoms with Gasteiger partial charge in [0.2, 0.25) is 5.91 Å². The van der Waals surface area contributed by atoms with Gasteiger partial charge in [-0.3, -0.25) is 9.59 Å². The minimum absolute atomic E-state index is 0.132. The molecule has 2 N–H and O–H groups in total. The molecule has 1 aliphatic rings. The molecule has 1 amide bonds. The maximum absolute atomic E-state index is 12.7. The van der Waals surface area contributed by atoms with E-state index in [0.717, 1.165) is 32.4 Å². The molecule has 5 heteroatoms. The Morgan fingerprint density at radius 1 is 1.32 bits per heavy atom. The molecule has 0 aromatic carbocycles. The minimum Gasteiger partial charge on any atom is -0.481 e. The van der Waals surface area contributed by atoms with Gasteiger partial charge in [0.25, 0.3) is 0 Å². The predicted molar refractivity (Wildman–Crippen MR) is 73.9 cm³/mol. The molecule has 1 aliphatic heterocycles. The van der Waals surface area contributed by atoms with Gasteiger partial charge in [0.15, 0.2) is 0 Å². The first-order chi connectivity index (χ1) is 8.96. The second-order valence-electron chi connectivity index (χ2n) is 5.47. The standard InChI is InChI=1S/C14H26N2O3/c1-4-14(6-8-15-9-7-14)13(19)16(5-2)10-11(3)12(17)18/h11,15H,4-10H2,1-3H3,(H,17,18). The third-order valence-electron chi connectivity index (χ3n) is 4.28. The summed E-state index contributed by atoms with van der Waals surface area (Å²) in [5.41, 5.74) is -0.292. The molecule has 0 radical (unpaired) electrons. The van der Waals surface area contributed by atoms with E-state index in [4.69, 9.17) is 5.11 Å². The summed E-state index contributed by atoms with van der Waals surface area (Å²) in [7, 11) is 0. The minimum atomic E-state index is -0.845. The molecule has 0 aromatic rings. The largest absolute Gasteiger partial charge is 0.481 e. The van der Waals surface area contributed by atoms with E-state index in [9.17, 15) is 9.59 Å². The zero-order chi connectivity index (χ0) is 14.5. The third-order valence-corrected chi connectivity index (χ3v) is 4.28. The van der Waals surface area contributed by atoms with Crippen LogP contribution < -0.4 is 5.32 Å². The van der Waals surface area contributed by atoms with Crippen molar-refractivity contribution in [2.75, 3.05) is 26.2 Å². The van der Waals surface area contributed by atoms with Crippen LogP contribution in [0.3, 0.4) is 0 Å². The van der Waals surface area contributed by atoms with Crippen molar-refractivity contribution in [2.24, 2.45) is 11.3 Å². The number of carbonyl (C=O) groups excluding carboxylic acids is 1. The number of hydrogen-bond acceptors (Lipinski definition) is 3. The predicted octanol–water partition coefficient (Wildman–Crippen LogP) is 1.34. The summed E-state index contributed by atoms with van der Waals surface area (Å²) < 4.78 is 0. The molecule has 19 heavy (non-hydrogen) atoms. The highest BCUT2D eigenvalue weighted by molar-refractivity contribution is 5.83. The average molecular weight is 270 g/mol. The van der Waals surface area contributed by atoms with Crippen molar-refractivity contribution < 1.29 is 14.7 Å². The first-order valence-corrected chi connectivity index (χ1v) is 7.19. The van der Waals surface area contributed by atoms with Gasteiger partial charge >= 0.3 is 5.97 Å². The molecule has 1 saturated heterocycles. The number of carbonyl (C=O) groups is 2. The number of aliphatic carboxylic acids is 1. The SMILES string of the molecule is CCN(CC(C)C(=O)O)C(=O)C1(CC)CCNCC1. The molecule has 1 atom stereocenters. The van der Waals surface area contributed by atoms with Crippen LogP contribution in [0.4, 0.5) is 0 Å². The fraction of sp³-hybridized carbons (Fsp3) is 0.857. The van der Waals surface area contributed by atoms with Gasteiger partial charge in [0.1, 0.15) is 0 Å². The first kappa shape index (κ1) is 16.0. The van der Waals surface area contributed by atoms with Crippen molar-refractivity contribution in [1.29, 1.82) is 0 Å². The van der Waals surface area contributed by atoms with Crippen molar-refractivity contribution in [3.8, 4) is 0 Å². The molecular formula is C14H26N2O3. The maximum atomic E-state index is 12.7. The molecule has 5 nitrogen and oxygen atoms in total. The van der Waals surface area contributed by atoms with Crippen molar-refractivity contribution in [3.05, 3.63) is 0 Å². The lowest BCUT2D eigenvalue weighted by Gasteiger charge is -2.39. The normalized spacial score (nSPS) is 19.7. The van der Waals surface area contributed by atoms with E-state index in [1.807, 2.05) is 6.92 Å². The van der Waals surface area contributed by atoms with Crippen LogP contribution in [-0.4, -0.2) is 48.1 Å². The monoisotopic (exact) mass is 270 g/mol. The molecule has 0 aliphatic carbocycles. The van der Waals surface area contributed by atoms with E-state index >= 15 is 0 Å². The average Bonchev–Trinajstić information content (AvgIpc) is 2.44. The summed E-state index contributed by atoms with van der Waals surface area (Å²) in [6.45, 7) is 8.23. The Morgan fingerprint density at radius 3 is 2.32 bits per heavy atom. The number of carboxylic acids is 1. The van der Waals surface area contributed by atoms with Gasteiger partial charge in [0.05, 0.1) is 11.3 Å². The third kappa shape index (κ3) is 3.69. The van der Waals surface area contributed by atoms with Gasteiger partial charge in [-0.1, -0.05) is 13.8 Å². The smallest absolute Gasteiger partial charge is 0.308 e. The molecule has 110 valence electrons. The van der Waals surface area contributed by atoms with Crippen LogP contribution in [0.1, 0.15) is 40.0 Å². The number of carboxylic acid groups (broad SMARTS) is 1. The van der Waals surface area contributed by atoms with E-state index in [1.54, 1.807) is 11.8 Å². The van der Waals surface area contributed by atoms with Gasteiger partial charge in [-0.05, 0) is 39.3 Å².